The first kappa shape index (κ1) is 13.6. The number of carbonyl (C=O) groups excluding carboxylic acids is 2. The van der Waals surface area contributed by atoms with Gasteiger partial charge in [-0.3, -0.25) is 4.79 Å². The quantitative estimate of drug-likeness (QED) is 0.576. The number of hydrogen-bond donors (Lipinski definition) is 0. The summed E-state index contributed by atoms with van der Waals surface area (Å²) in [7, 11) is 1.34. The van der Waals surface area contributed by atoms with E-state index in [1.54, 1.807) is 0 Å². The van der Waals surface area contributed by atoms with Gasteiger partial charge >= 0.3 is 5.97 Å². The van der Waals surface area contributed by atoms with Crippen molar-refractivity contribution in [1.82, 2.24) is 4.90 Å². The summed E-state index contributed by atoms with van der Waals surface area (Å²) in [5.41, 5.74) is -1.87. The van der Waals surface area contributed by atoms with Gasteiger partial charge in [0.15, 0.2) is 5.72 Å². The molecule has 5 heteroatoms. The SMILES string of the molecule is CC[C@@]12CCCC3C[C@@]4(C(=O)OC)OC31N(CCC2)C4=O. The van der Waals surface area contributed by atoms with Crippen LogP contribution in [0.2, 0.25) is 0 Å². The average molecular weight is 293 g/mol. The van der Waals surface area contributed by atoms with Gasteiger partial charge in [0, 0.05) is 24.3 Å². The minimum atomic E-state index is -1.35. The molecule has 3 aliphatic heterocycles. The molecule has 0 N–H and O–H groups in total. The molecule has 3 heterocycles. The third-order valence-corrected chi connectivity index (χ3v) is 6.61. The Bertz CT molecular complexity index is 516. The van der Waals surface area contributed by atoms with Crippen molar-refractivity contribution in [3.63, 3.8) is 0 Å². The monoisotopic (exact) mass is 293 g/mol. The van der Waals surface area contributed by atoms with Gasteiger partial charge in [0.1, 0.15) is 0 Å². The van der Waals surface area contributed by atoms with Crippen LogP contribution in [0.5, 0.6) is 0 Å². The second kappa shape index (κ2) is 4.00. The van der Waals surface area contributed by atoms with Crippen LogP contribution in [0.15, 0.2) is 0 Å². The molecule has 4 atom stereocenters. The van der Waals surface area contributed by atoms with Gasteiger partial charge in [0.25, 0.3) is 5.91 Å². The minimum absolute atomic E-state index is 0.0239. The zero-order valence-corrected chi connectivity index (χ0v) is 12.8. The maximum absolute atomic E-state index is 12.9. The Morgan fingerprint density at radius 1 is 1.43 bits per heavy atom. The summed E-state index contributed by atoms with van der Waals surface area (Å²) in [6.07, 6.45) is 6.94. The summed E-state index contributed by atoms with van der Waals surface area (Å²) < 4.78 is 11.3. The van der Waals surface area contributed by atoms with Crippen molar-refractivity contribution in [3.8, 4) is 0 Å². The predicted octanol–water partition coefficient (Wildman–Crippen LogP) is 1.85. The molecule has 4 aliphatic rings. The Morgan fingerprint density at radius 2 is 2.19 bits per heavy atom. The van der Waals surface area contributed by atoms with Crippen LogP contribution < -0.4 is 0 Å². The van der Waals surface area contributed by atoms with Crippen LogP contribution in [0.1, 0.15) is 51.9 Å². The summed E-state index contributed by atoms with van der Waals surface area (Å²) in [5.74, 6) is -0.371. The van der Waals surface area contributed by atoms with E-state index in [0.29, 0.717) is 6.42 Å². The highest BCUT2D eigenvalue weighted by molar-refractivity contribution is 6.08. The molecule has 1 aliphatic carbocycles. The number of amides is 1. The Labute approximate surface area is 125 Å². The van der Waals surface area contributed by atoms with Crippen molar-refractivity contribution in [3.05, 3.63) is 0 Å². The minimum Gasteiger partial charge on any atom is -0.466 e. The number of fused-ring (bicyclic) bond motifs is 1. The number of piperidine rings is 2. The zero-order chi connectivity index (χ0) is 14.9. The molecule has 4 fully saturated rings. The van der Waals surface area contributed by atoms with Gasteiger partial charge in [-0.25, -0.2) is 4.79 Å². The van der Waals surface area contributed by atoms with Crippen molar-refractivity contribution in [2.24, 2.45) is 11.3 Å². The molecule has 0 aromatic heterocycles. The highest BCUT2D eigenvalue weighted by Gasteiger charge is 2.80. The van der Waals surface area contributed by atoms with Crippen LogP contribution in [-0.2, 0) is 19.1 Å². The van der Waals surface area contributed by atoms with Gasteiger partial charge in [-0.1, -0.05) is 13.3 Å². The second-order valence-corrected chi connectivity index (χ2v) is 7.10. The number of nitrogens with zero attached hydrogens (tertiary/aromatic N) is 1. The number of hydrogen-bond acceptors (Lipinski definition) is 4. The fraction of sp³-hybridized carbons (Fsp3) is 0.875. The summed E-state index contributed by atoms with van der Waals surface area (Å²) in [4.78, 5) is 27.1. The summed E-state index contributed by atoms with van der Waals surface area (Å²) >= 11 is 0. The Kier molecular flexibility index (Phi) is 2.58. The van der Waals surface area contributed by atoms with E-state index < -0.39 is 17.3 Å². The van der Waals surface area contributed by atoms with Crippen molar-refractivity contribution < 1.29 is 19.1 Å². The number of carbonyl (C=O) groups is 2. The van der Waals surface area contributed by atoms with E-state index in [0.717, 1.165) is 38.6 Å². The fourth-order valence-electron chi connectivity index (χ4n) is 5.77. The molecule has 2 unspecified atom stereocenters. The first-order chi connectivity index (χ1) is 10.1. The lowest BCUT2D eigenvalue weighted by atomic mass is 9.56. The topological polar surface area (TPSA) is 55.8 Å². The molecule has 5 nitrogen and oxygen atoms in total. The highest BCUT2D eigenvalue weighted by Crippen LogP contribution is 2.68. The predicted molar refractivity (Wildman–Crippen MR) is 74.2 cm³/mol. The molecule has 3 saturated heterocycles. The lowest BCUT2D eigenvalue weighted by molar-refractivity contribution is -0.236. The van der Waals surface area contributed by atoms with E-state index in [2.05, 4.69) is 6.92 Å². The summed E-state index contributed by atoms with van der Waals surface area (Å²) in [6.45, 7) is 2.92. The third-order valence-electron chi connectivity index (χ3n) is 6.61. The number of ether oxygens (including phenoxy) is 2. The molecule has 0 radical (unpaired) electrons. The molecule has 0 aromatic carbocycles. The molecule has 2 bridgehead atoms. The molecule has 116 valence electrons. The second-order valence-electron chi connectivity index (χ2n) is 7.10. The maximum atomic E-state index is 12.9. The molecule has 0 aromatic rings. The van der Waals surface area contributed by atoms with Crippen LogP contribution in [0.3, 0.4) is 0 Å². The summed E-state index contributed by atoms with van der Waals surface area (Å²) in [5, 5.41) is 0. The maximum Gasteiger partial charge on any atom is 0.348 e. The van der Waals surface area contributed by atoms with Gasteiger partial charge in [-0.2, -0.15) is 0 Å². The van der Waals surface area contributed by atoms with Gasteiger partial charge in [0.2, 0.25) is 5.60 Å². The molecule has 21 heavy (non-hydrogen) atoms. The van der Waals surface area contributed by atoms with Crippen LogP contribution >= 0.6 is 0 Å². The van der Waals surface area contributed by atoms with E-state index in [4.69, 9.17) is 9.47 Å². The first-order valence-corrected chi connectivity index (χ1v) is 8.17. The third kappa shape index (κ3) is 1.24. The van der Waals surface area contributed by atoms with Crippen LogP contribution in [-0.4, -0.2) is 41.8 Å². The molecule has 1 amide bonds. The van der Waals surface area contributed by atoms with Crippen molar-refractivity contribution >= 4 is 11.9 Å². The molecular formula is C16H23NO4. The van der Waals surface area contributed by atoms with Gasteiger partial charge < -0.3 is 14.4 Å². The molecule has 1 spiro atoms. The van der Waals surface area contributed by atoms with Gasteiger partial charge in [0.05, 0.1) is 7.11 Å². The Morgan fingerprint density at radius 3 is 2.90 bits per heavy atom. The zero-order valence-electron chi connectivity index (χ0n) is 12.8. The largest absolute Gasteiger partial charge is 0.466 e. The Hall–Kier alpha value is -1.10. The van der Waals surface area contributed by atoms with E-state index in [-0.39, 0.29) is 17.2 Å². The fourth-order valence-corrected chi connectivity index (χ4v) is 5.77. The van der Waals surface area contributed by atoms with Crippen LogP contribution in [0.4, 0.5) is 0 Å². The van der Waals surface area contributed by atoms with E-state index in [1.165, 1.54) is 13.5 Å². The van der Waals surface area contributed by atoms with Crippen molar-refractivity contribution in [2.75, 3.05) is 13.7 Å². The number of rotatable bonds is 2. The highest BCUT2D eigenvalue weighted by atomic mass is 16.6. The van der Waals surface area contributed by atoms with Crippen LogP contribution in [0, 0.1) is 11.3 Å². The van der Waals surface area contributed by atoms with E-state index >= 15 is 0 Å². The number of esters is 1. The van der Waals surface area contributed by atoms with Crippen LogP contribution in [0.25, 0.3) is 0 Å². The standard InChI is InChI=1S/C16H23NO4/c1-3-14-7-4-6-11-10-15(13(19)20-2)12(18)17(9-5-8-14)16(11,14)21-15/h11H,3-10H2,1-2H3/t11?,14-,15+,16?/m0/s1. The van der Waals surface area contributed by atoms with E-state index in [1.807, 2.05) is 4.90 Å². The molecule has 4 rings (SSSR count). The average Bonchev–Trinajstić information content (AvgIpc) is 2.99. The van der Waals surface area contributed by atoms with E-state index in [9.17, 15) is 9.59 Å². The first-order valence-electron chi connectivity index (χ1n) is 8.17. The van der Waals surface area contributed by atoms with Gasteiger partial charge in [-0.15, -0.1) is 0 Å². The Balaban J connectivity index is 1.89. The van der Waals surface area contributed by atoms with Crippen molar-refractivity contribution in [2.45, 2.75) is 63.2 Å². The molecular weight excluding hydrogens is 270 g/mol. The summed E-state index contributed by atoms with van der Waals surface area (Å²) in [6, 6.07) is 0. The van der Waals surface area contributed by atoms with Gasteiger partial charge in [-0.05, 0) is 32.1 Å². The smallest absolute Gasteiger partial charge is 0.348 e. The number of methoxy groups -OCH3 is 1. The molecule has 1 saturated carbocycles. The van der Waals surface area contributed by atoms with Crippen molar-refractivity contribution in [1.29, 1.82) is 0 Å². The lowest BCUT2D eigenvalue weighted by Crippen LogP contribution is -2.67. The normalized spacial score (nSPS) is 47.4. The lowest BCUT2D eigenvalue weighted by Gasteiger charge is -2.59.